The number of hydrogen-bond acceptors (Lipinski definition) is 8. The number of aromatic nitrogens is 4. The summed E-state index contributed by atoms with van der Waals surface area (Å²) in [6.07, 6.45) is -9.56. The van der Waals surface area contributed by atoms with Crippen molar-refractivity contribution in [3.8, 4) is 0 Å². The molecule has 0 aliphatic carbocycles. The van der Waals surface area contributed by atoms with Gasteiger partial charge in [-0.3, -0.25) is 4.79 Å². The maximum absolute atomic E-state index is 11.3. The normalized spacial score (nSPS) is 10.9. The van der Waals surface area contributed by atoms with E-state index in [-0.39, 0.29) is 5.56 Å². The van der Waals surface area contributed by atoms with Gasteiger partial charge in [-0.15, -0.1) is 0 Å². The summed E-state index contributed by atoms with van der Waals surface area (Å²) in [5.74, 6) is -3.45. The average molecular weight is 502 g/mol. The molecule has 17 heteroatoms. The summed E-state index contributed by atoms with van der Waals surface area (Å²) in [6.45, 7) is 4.62. The lowest BCUT2D eigenvalue weighted by atomic mass is 10.3. The molecule has 190 valence electrons. The smallest absolute Gasteiger partial charge is 0.475 e. The Labute approximate surface area is 187 Å². The molecule has 0 unspecified atom stereocenters. The lowest BCUT2D eigenvalue weighted by molar-refractivity contribution is -0.193. The van der Waals surface area contributed by atoms with Crippen LogP contribution in [0.25, 0.3) is 0 Å². The van der Waals surface area contributed by atoms with Crippen molar-refractivity contribution >= 4 is 17.8 Å². The first kappa shape index (κ1) is 30.2. The Morgan fingerprint density at radius 2 is 1.50 bits per heavy atom. The maximum Gasteiger partial charge on any atom is 0.490 e. The zero-order valence-electron chi connectivity index (χ0n) is 17.6. The predicted octanol–water partition coefficient (Wildman–Crippen LogP) is 1.56. The van der Waals surface area contributed by atoms with Gasteiger partial charge in [-0.1, -0.05) is 0 Å². The monoisotopic (exact) mass is 502 g/mol. The van der Waals surface area contributed by atoms with Crippen LogP contribution in [-0.2, 0) is 22.6 Å². The molecule has 0 fully saturated rings. The molecule has 0 aromatic carbocycles. The van der Waals surface area contributed by atoms with Crippen molar-refractivity contribution in [1.82, 2.24) is 19.9 Å². The summed E-state index contributed by atoms with van der Waals surface area (Å²) in [5, 5.41) is 17.4. The van der Waals surface area contributed by atoms with E-state index in [0.29, 0.717) is 36.9 Å². The van der Waals surface area contributed by atoms with Crippen LogP contribution in [0.15, 0.2) is 16.9 Å². The second-order valence-corrected chi connectivity index (χ2v) is 6.11. The van der Waals surface area contributed by atoms with E-state index in [2.05, 4.69) is 25.3 Å². The fraction of sp³-hybridized carbons (Fsp3) is 0.412. The van der Waals surface area contributed by atoms with Gasteiger partial charge in [-0.2, -0.15) is 26.3 Å². The number of alkyl halides is 6. The molecule has 0 aliphatic rings. The molecule has 2 aromatic rings. The van der Waals surface area contributed by atoms with Gasteiger partial charge in [0.1, 0.15) is 17.5 Å². The lowest BCUT2D eigenvalue weighted by Crippen LogP contribution is -2.21. The Balaban J connectivity index is 0.000000642. The van der Waals surface area contributed by atoms with Gasteiger partial charge in [0.15, 0.2) is 0 Å². The molecule has 0 spiro atoms. The molecule has 0 saturated heterocycles. The summed E-state index contributed by atoms with van der Waals surface area (Å²) >= 11 is 0. The number of aliphatic carboxylic acids is 2. The van der Waals surface area contributed by atoms with Crippen LogP contribution in [-0.4, -0.2) is 61.0 Å². The molecule has 2 rings (SSSR count). The Morgan fingerprint density at radius 1 is 1.00 bits per heavy atom. The molecule has 6 N–H and O–H groups in total. The van der Waals surface area contributed by atoms with Gasteiger partial charge in [-0.05, 0) is 13.8 Å². The predicted molar refractivity (Wildman–Crippen MR) is 104 cm³/mol. The molecule has 0 bridgehead atoms. The van der Waals surface area contributed by atoms with E-state index in [1.165, 1.54) is 6.07 Å². The first-order valence-corrected chi connectivity index (χ1v) is 8.91. The number of hydrogen-bond donors (Lipinski definition) is 5. The van der Waals surface area contributed by atoms with Gasteiger partial charge in [0.2, 0.25) is 0 Å². The summed E-state index contributed by atoms with van der Waals surface area (Å²) in [5.41, 5.74) is 6.95. The highest BCUT2D eigenvalue weighted by Crippen LogP contribution is 2.13. The molecular weight excluding hydrogens is 482 g/mol. The second-order valence-electron chi connectivity index (χ2n) is 6.11. The van der Waals surface area contributed by atoms with Crippen LogP contribution in [0, 0.1) is 13.8 Å². The van der Waals surface area contributed by atoms with Gasteiger partial charge in [0, 0.05) is 37.3 Å². The number of rotatable bonds is 5. The van der Waals surface area contributed by atoms with E-state index in [1.54, 1.807) is 6.92 Å². The minimum absolute atomic E-state index is 0.129. The van der Waals surface area contributed by atoms with Crippen LogP contribution in [0.4, 0.5) is 32.2 Å². The van der Waals surface area contributed by atoms with E-state index >= 15 is 0 Å². The fourth-order valence-corrected chi connectivity index (χ4v) is 1.89. The van der Waals surface area contributed by atoms with Crippen molar-refractivity contribution in [3.63, 3.8) is 0 Å². The van der Waals surface area contributed by atoms with Crippen LogP contribution in [0.3, 0.4) is 0 Å². The van der Waals surface area contributed by atoms with Gasteiger partial charge in [0.25, 0.3) is 5.56 Å². The van der Waals surface area contributed by atoms with Crippen LogP contribution >= 0.6 is 0 Å². The summed E-state index contributed by atoms with van der Waals surface area (Å²) in [7, 11) is 0. The molecule has 0 amide bonds. The highest BCUT2D eigenvalue weighted by Gasteiger charge is 2.38. The molecular formula is C17H20F6N6O5. The Bertz CT molecular complexity index is 1000. The minimum atomic E-state index is -5.08. The number of nitrogens with two attached hydrogens (primary N) is 1. The van der Waals surface area contributed by atoms with Gasteiger partial charge in [0.05, 0.1) is 5.69 Å². The number of H-pyrrole nitrogens is 1. The third-order valence-electron chi connectivity index (χ3n) is 3.17. The van der Waals surface area contributed by atoms with Crippen molar-refractivity contribution in [2.45, 2.75) is 39.2 Å². The SMILES string of the molecule is Cc1cc(=O)[nH]c(CCNc2cc(CN)nc(C)n2)n1.O=C(O)C(F)(F)F.O=C(O)C(F)(F)F. The number of aryl methyl sites for hydroxylation is 2. The van der Waals surface area contributed by atoms with Gasteiger partial charge in [-0.25, -0.2) is 24.5 Å². The van der Waals surface area contributed by atoms with Crippen LogP contribution in [0.5, 0.6) is 0 Å². The molecule has 0 aliphatic heterocycles. The van der Waals surface area contributed by atoms with E-state index < -0.39 is 24.3 Å². The molecule has 34 heavy (non-hydrogen) atoms. The van der Waals surface area contributed by atoms with Crippen molar-refractivity contribution in [3.05, 3.63) is 45.5 Å². The first-order chi connectivity index (χ1) is 15.4. The number of carboxylic acids is 2. The molecule has 2 aromatic heterocycles. The van der Waals surface area contributed by atoms with Crippen LogP contribution in [0.1, 0.15) is 23.0 Å². The molecule has 0 saturated carbocycles. The largest absolute Gasteiger partial charge is 0.490 e. The van der Waals surface area contributed by atoms with Crippen molar-refractivity contribution in [2.24, 2.45) is 5.73 Å². The molecule has 11 nitrogen and oxygen atoms in total. The maximum atomic E-state index is 11.3. The van der Waals surface area contributed by atoms with E-state index in [0.717, 1.165) is 11.5 Å². The number of halogens is 6. The number of anilines is 1. The Morgan fingerprint density at radius 3 is 1.91 bits per heavy atom. The highest BCUT2D eigenvalue weighted by atomic mass is 19.4. The third-order valence-corrected chi connectivity index (χ3v) is 3.17. The number of carbonyl (C=O) groups is 2. The topological polar surface area (TPSA) is 184 Å². The quantitative estimate of drug-likeness (QED) is 0.376. The Hall–Kier alpha value is -3.76. The van der Waals surface area contributed by atoms with Gasteiger partial charge >= 0.3 is 24.3 Å². The second kappa shape index (κ2) is 13.1. The van der Waals surface area contributed by atoms with Crippen molar-refractivity contribution in [1.29, 1.82) is 0 Å². The number of nitrogens with one attached hydrogen (secondary N) is 2. The summed E-state index contributed by atoms with van der Waals surface area (Å²) < 4.78 is 63.5. The third kappa shape index (κ3) is 12.9. The molecule has 0 radical (unpaired) electrons. The van der Waals surface area contributed by atoms with Crippen molar-refractivity contribution < 1.29 is 46.1 Å². The lowest BCUT2D eigenvalue weighted by Gasteiger charge is -2.07. The number of nitrogens with zero attached hydrogens (tertiary/aromatic N) is 3. The molecule has 0 atom stereocenters. The van der Waals surface area contributed by atoms with Gasteiger partial charge < -0.3 is 26.2 Å². The van der Waals surface area contributed by atoms with E-state index in [4.69, 9.17) is 25.5 Å². The standard InChI is InChI=1S/C13H18N6O.2C2HF3O2/c1-8-5-13(20)19-11(16-8)3-4-15-12-6-10(7-14)17-9(2)18-12;2*3-2(4,5)1(6)7/h5-6H,3-4,7,14H2,1-2H3,(H,15,17,18)(H,16,19,20);2*(H,6,7). The average Bonchev–Trinajstić information content (AvgIpc) is 2.66. The number of carboxylic acid groups (broad SMARTS) is 2. The van der Waals surface area contributed by atoms with E-state index in [9.17, 15) is 31.1 Å². The first-order valence-electron chi connectivity index (χ1n) is 8.91. The van der Waals surface area contributed by atoms with Crippen LogP contribution < -0.4 is 16.6 Å². The van der Waals surface area contributed by atoms with Crippen molar-refractivity contribution in [2.75, 3.05) is 11.9 Å². The zero-order chi connectivity index (χ0) is 26.7. The highest BCUT2D eigenvalue weighted by molar-refractivity contribution is 5.73. The van der Waals surface area contributed by atoms with E-state index in [1.807, 2.05) is 13.0 Å². The van der Waals surface area contributed by atoms with Crippen LogP contribution in [0.2, 0.25) is 0 Å². The zero-order valence-corrected chi connectivity index (χ0v) is 17.6. The fourth-order valence-electron chi connectivity index (χ4n) is 1.89. The summed E-state index contributed by atoms with van der Waals surface area (Å²) in [6, 6.07) is 3.29. The number of aromatic amines is 1. The minimum Gasteiger partial charge on any atom is -0.475 e. The Kier molecular flexibility index (Phi) is 11.6. The summed E-state index contributed by atoms with van der Waals surface area (Å²) in [4.78, 5) is 44.6. The molecule has 2 heterocycles.